The molecular weight excluding hydrogens is 278 g/mol. The molecule has 1 aromatic rings. The van der Waals surface area contributed by atoms with Crippen LogP contribution in [0, 0.1) is 0 Å². The van der Waals surface area contributed by atoms with E-state index in [0.29, 0.717) is 0 Å². The van der Waals surface area contributed by atoms with Gasteiger partial charge in [0.15, 0.2) is 0 Å². The standard InChI is InChI=1S/C22H27N/c1-7-12-19(17(5)6)22-15-11-14-20(21(22)13-8-2)18(9-3)16-23-10-4/h7-16H,4H2,1-3,5-6H3/b12-7-,13-8+,18-9+,23-16?. The van der Waals surface area contributed by atoms with Crippen LogP contribution in [0.2, 0.25) is 0 Å². The van der Waals surface area contributed by atoms with E-state index in [4.69, 9.17) is 0 Å². The average molecular weight is 305 g/mol. The Morgan fingerprint density at radius 1 is 1.04 bits per heavy atom. The molecular formula is C22H27N. The van der Waals surface area contributed by atoms with E-state index in [9.17, 15) is 0 Å². The van der Waals surface area contributed by atoms with Gasteiger partial charge in [-0.05, 0) is 62.5 Å². The van der Waals surface area contributed by atoms with Gasteiger partial charge in [-0.3, -0.25) is 4.99 Å². The maximum Gasteiger partial charge on any atom is 0.0342 e. The fourth-order valence-electron chi connectivity index (χ4n) is 2.52. The molecule has 0 heterocycles. The lowest BCUT2D eigenvalue weighted by Gasteiger charge is -2.15. The molecule has 0 amide bonds. The Labute approximate surface area is 141 Å². The van der Waals surface area contributed by atoms with E-state index in [0.717, 1.165) is 5.57 Å². The maximum absolute atomic E-state index is 4.19. The number of aliphatic imine (C=N–C) groups is 1. The molecule has 0 saturated heterocycles. The second-order valence-electron chi connectivity index (χ2n) is 5.39. The van der Waals surface area contributed by atoms with Crippen LogP contribution in [0.15, 0.2) is 65.8 Å². The molecule has 1 nitrogen and oxygen atoms in total. The summed E-state index contributed by atoms with van der Waals surface area (Å²) in [7, 11) is 0. The first-order chi connectivity index (χ1) is 11.1. The quantitative estimate of drug-likeness (QED) is 0.409. The summed E-state index contributed by atoms with van der Waals surface area (Å²) in [6.45, 7) is 14.1. The topological polar surface area (TPSA) is 12.4 Å². The molecule has 0 atom stereocenters. The molecule has 0 aliphatic heterocycles. The zero-order valence-corrected chi connectivity index (χ0v) is 14.9. The van der Waals surface area contributed by atoms with Crippen molar-refractivity contribution in [2.75, 3.05) is 0 Å². The van der Waals surface area contributed by atoms with Crippen molar-refractivity contribution in [2.24, 2.45) is 4.99 Å². The Hall–Kier alpha value is -2.41. The number of hydrogen-bond donors (Lipinski definition) is 0. The predicted molar refractivity (Wildman–Crippen MR) is 107 cm³/mol. The van der Waals surface area contributed by atoms with Crippen molar-refractivity contribution >= 4 is 23.4 Å². The van der Waals surface area contributed by atoms with Crippen LogP contribution in [0.5, 0.6) is 0 Å². The summed E-state index contributed by atoms with van der Waals surface area (Å²) in [5, 5.41) is 0. The summed E-state index contributed by atoms with van der Waals surface area (Å²) < 4.78 is 0. The van der Waals surface area contributed by atoms with Crippen molar-refractivity contribution < 1.29 is 0 Å². The highest BCUT2D eigenvalue weighted by Gasteiger charge is 2.11. The van der Waals surface area contributed by atoms with Gasteiger partial charge < -0.3 is 0 Å². The normalized spacial score (nSPS) is 12.5. The monoisotopic (exact) mass is 305 g/mol. The van der Waals surface area contributed by atoms with Crippen molar-refractivity contribution in [3.8, 4) is 0 Å². The van der Waals surface area contributed by atoms with Crippen LogP contribution >= 0.6 is 0 Å². The van der Waals surface area contributed by atoms with E-state index >= 15 is 0 Å². The predicted octanol–water partition coefficient (Wildman–Crippen LogP) is 6.71. The SMILES string of the molecule is C=CN=C/C(=C\C)c1cccc(C(/C=C\C)=C(C)C)c1/C=C/C. The maximum atomic E-state index is 4.19. The van der Waals surface area contributed by atoms with Gasteiger partial charge in [-0.15, -0.1) is 0 Å². The van der Waals surface area contributed by atoms with Gasteiger partial charge in [-0.1, -0.05) is 60.7 Å². The zero-order chi connectivity index (χ0) is 17.2. The molecule has 0 bridgehead atoms. The van der Waals surface area contributed by atoms with Crippen LogP contribution in [0.1, 0.15) is 51.3 Å². The summed E-state index contributed by atoms with van der Waals surface area (Å²) in [6, 6.07) is 6.43. The van der Waals surface area contributed by atoms with Gasteiger partial charge in [0, 0.05) is 12.4 Å². The van der Waals surface area contributed by atoms with E-state index in [2.05, 4.69) is 80.9 Å². The van der Waals surface area contributed by atoms with Crippen molar-refractivity contribution in [3.05, 3.63) is 77.5 Å². The van der Waals surface area contributed by atoms with E-state index < -0.39 is 0 Å². The van der Waals surface area contributed by atoms with Crippen molar-refractivity contribution in [1.29, 1.82) is 0 Å². The van der Waals surface area contributed by atoms with Gasteiger partial charge in [0.1, 0.15) is 0 Å². The number of rotatable bonds is 6. The summed E-state index contributed by atoms with van der Waals surface area (Å²) in [6.07, 6.45) is 14.0. The molecule has 1 rings (SSSR count). The summed E-state index contributed by atoms with van der Waals surface area (Å²) in [4.78, 5) is 4.19. The molecule has 0 N–H and O–H groups in total. The van der Waals surface area contributed by atoms with Gasteiger partial charge >= 0.3 is 0 Å². The fourth-order valence-corrected chi connectivity index (χ4v) is 2.52. The molecule has 0 fully saturated rings. The van der Waals surface area contributed by atoms with Gasteiger partial charge in [-0.25, -0.2) is 0 Å². The smallest absolute Gasteiger partial charge is 0.0342 e. The first kappa shape index (κ1) is 18.6. The minimum atomic E-state index is 1.09. The highest BCUT2D eigenvalue weighted by molar-refractivity contribution is 6.11. The summed E-state index contributed by atoms with van der Waals surface area (Å²) in [5.41, 5.74) is 7.29. The molecule has 0 aliphatic rings. The molecule has 0 unspecified atom stereocenters. The molecule has 0 saturated carbocycles. The van der Waals surface area contributed by atoms with Gasteiger partial charge in [-0.2, -0.15) is 0 Å². The van der Waals surface area contributed by atoms with Crippen LogP contribution in [0.25, 0.3) is 17.2 Å². The van der Waals surface area contributed by atoms with E-state index in [-0.39, 0.29) is 0 Å². The lowest BCUT2D eigenvalue weighted by Crippen LogP contribution is -1.96. The lowest BCUT2D eigenvalue weighted by molar-refractivity contribution is 1.38. The molecule has 23 heavy (non-hydrogen) atoms. The van der Waals surface area contributed by atoms with Gasteiger partial charge in [0.05, 0.1) is 0 Å². The van der Waals surface area contributed by atoms with Crippen LogP contribution in [-0.2, 0) is 0 Å². The molecule has 1 heteroatoms. The second-order valence-corrected chi connectivity index (χ2v) is 5.39. The van der Waals surface area contributed by atoms with Crippen LogP contribution in [0.4, 0.5) is 0 Å². The molecule has 120 valence electrons. The van der Waals surface area contributed by atoms with Crippen molar-refractivity contribution in [3.63, 3.8) is 0 Å². The third-order valence-corrected chi connectivity index (χ3v) is 3.54. The average Bonchev–Trinajstić information content (AvgIpc) is 2.54. The van der Waals surface area contributed by atoms with Gasteiger partial charge in [0.25, 0.3) is 0 Å². The molecule has 1 aromatic carbocycles. The Morgan fingerprint density at radius 3 is 2.26 bits per heavy atom. The molecule has 0 aliphatic carbocycles. The Morgan fingerprint density at radius 2 is 1.74 bits per heavy atom. The van der Waals surface area contributed by atoms with Crippen LogP contribution < -0.4 is 0 Å². The molecule has 0 radical (unpaired) electrons. The fraction of sp³-hybridized carbons (Fsp3) is 0.227. The minimum Gasteiger partial charge on any atom is -0.265 e. The second kappa shape index (κ2) is 9.58. The number of nitrogens with zero attached hydrogens (tertiary/aromatic N) is 1. The largest absolute Gasteiger partial charge is 0.265 e. The van der Waals surface area contributed by atoms with Crippen molar-refractivity contribution in [2.45, 2.75) is 34.6 Å². The van der Waals surface area contributed by atoms with Crippen molar-refractivity contribution in [1.82, 2.24) is 0 Å². The van der Waals surface area contributed by atoms with Crippen LogP contribution in [0.3, 0.4) is 0 Å². The lowest BCUT2D eigenvalue weighted by atomic mass is 9.89. The van der Waals surface area contributed by atoms with E-state index in [1.165, 1.54) is 27.8 Å². The molecule has 0 aromatic heterocycles. The zero-order valence-electron chi connectivity index (χ0n) is 14.9. The summed E-state index contributed by atoms with van der Waals surface area (Å²) in [5.74, 6) is 0. The number of allylic oxidation sites excluding steroid dienone is 7. The first-order valence-electron chi connectivity index (χ1n) is 7.97. The third kappa shape index (κ3) is 4.79. The van der Waals surface area contributed by atoms with E-state index in [1.54, 1.807) is 6.20 Å². The number of hydrogen-bond acceptors (Lipinski definition) is 1. The van der Waals surface area contributed by atoms with Gasteiger partial charge in [0.2, 0.25) is 0 Å². The highest BCUT2D eigenvalue weighted by atomic mass is 14.7. The van der Waals surface area contributed by atoms with Crippen LogP contribution in [-0.4, -0.2) is 6.21 Å². The van der Waals surface area contributed by atoms with E-state index in [1.807, 2.05) is 20.1 Å². The highest BCUT2D eigenvalue weighted by Crippen LogP contribution is 2.30. The first-order valence-corrected chi connectivity index (χ1v) is 7.97. The molecule has 0 spiro atoms. The Balaban J connectivity index is 3.70. The third-order valence-electron chi connectivity index (χ3n) is 3.54. The Kier molecular flexibility index (Phi) is 7.76. The Bertz CT molecular complexity index is 691. The minimum absolute atomic E-state index is 1.09. The number of benzene rings is 1. The summed E-state index contributed by atoms with van der Waals surface area (Å²) >= 11 is 0.